The summed E-state index contributed by atoms with van der Waals surface area (Å²) in [6.07, 6.45) is 1.66. The molecule has 0 amide bonds. The summed E-state index contributed by atoms with van der Waals surface area (Å²) >= 11 is 1.47. The van der Waals surface area contributed by atoms with Gasteiger partial charge in [-0.3, -0.25) is 4.98 Å². The maximum atomic E-state index is 13.6. The first-order chi connectivity index (χ1) is 10.2. The molecule has 2 N–H and O–H groups in total. The Morgan fingerprint density at radius 3 is 3.05 bits per heavy atom. The van der Waals surface area contributed by atoms with Crippen molar-refractivity contribution in [3.8, 4) is 0 Å². The van der Waals surface area contributed by atoms with Crippen molar-refractivity contribution in [1.29, 1.82) is 0 Å². The first-order valence-electron chi connectivity index (χ1n) is 6.26. The van der Waals surface area contributed by atoms with Gasteiger partial charge in [-0.05, 0) is 29.6 Å². The van der Waals surface area contributed by atoms with E-state index in [2.05, 4.69) is 10.1 Å². The van der Waals surface area contributed by atoms with Crippen LogP contribution in [0.1, 0.15) is 10.4 Å². The molecule has 0 atom stereocenters. The Kier molecular flexibility index (Phi) is 3.79. The summed E-state index contributed by atoms with van der Waals surface area (Å²) < 4.78 is 13.6. The van der Waals surface area contributed by atoms with E-state index in [1.807, 2.05) is 17.5 Å². The molecule has 21 heavy (non-hydrogen) atoms. The highest BCUT2D eigenvalue weighted by Crippen LogP contribution is 2.19. The van der Waals surface area contributed by atoms with Crippen LogP contribution in [0.15, 0.2) is 53.1 Å². The third kappa shape index (κ3) is 3.00. The number of aromatic nitrogens is 1. The van der Waals surface area contributed by atoms with Gasteiger partial charge in [0.05, 0.1) is 10.4 Å². The predicted molar refractivity (Wildman–Crippen MR) is 81.5 cm³/mol. The average molecular weight is 301 g/mol. The maximum absolute atomic E-state index is 13.6. The molecule has 0 aliphatic heterocycles. The van der Waals surface area contributed by atoms with E-state index in [4.69, 9.17) is 10.6 Å². The van der Waals surface area contributed by atoms with Gasteiger partial charge in [0.1, 0.15) is 12.4 Å². The molecule has 4 nitrogen and oxygen atoms in total. The lowest BCUT2D eigenvalue weighted by atomic mass is 10.1. The standard InChI is InChI=1S/C15H12FN3OS/c16-12-7-10-3-1-5-18-14(10)11(8-12)9-20-19-15(17)13-4-2-6-21-13/h1-8H,9H2,(H2,17,19). The second kappa shape index (κ2) is 5.88. The molecule has 106 valence electrons. The van der Waals surface area contributed by atoms with E-state index in [-0.39, 0.29) is 12.4 Å². The first kappa shape index (κ1) is 13.5. The molecule has 3 rings (SSSR count). The zero-order valence-corrected chi connectivity index (χ0v) is 11.8. The minimum absolute atomic E-state index is 0.108. The Morgan fingerprint density at radius 1 is 1.33 bits per heavy atom. The van der Waals surface area contributed by atoms with Gasteiger partial charge in [-0.25, -0.2) is 4.39 Å². The zero-order valence-electron chi connectivity index (χ0n) is 11.0. The van der Waals surface area contributed by atoms with Crippen LogP contribution in [0.5, 0.6) is 0 Å². The summed E-state index contributed by atoms with van der Waals surface area (Å²) in [7, 11) is 0. The number of rotatable bonds is 4. The van der Waals surface area contributed by atoms with Crippen molar-refractivity contribution < 1.29 is 9.23 Å². The monoisotopic (exact) mass is 301 g/mol. The Bertz CT molecular complexity index is 787. The van der Waals surface area contributed by atoms with E-state index >= 15 is 0 Å². The Hall–Kier alpha value is -2.47. The van der Waals surface area contributed by atoms with E-state index in [1.165, 1.54) is 23.5 Å². The average Bonchev–Trinajstić information content (AvgIpc) is 3.01. The van der Waals surface area contributed by atoms with Gasteiger partial charge in [0, 0.05) is 17.1 Å². The molecule has 0 aliphatic carbocycles. The third-order valence-electron chi connectivity index (χ3n) is 2.91. The van der Waals surface area contributed by atoms with Gasteiger partial charge >= 0.3 is 0 Å². The highest BCUT2D eigenvalue weighted by Gasteiger charge is 2.06. The zero-order chi connectivity index (χ0) is 14.7. The summed E-state index contributed by atoms with van der Waals surface area (Å²) in [5.41, 5.74) is 7.12. The molecule has 0 saturated carbocycles. The summed E-state index contributed by atoms with van der Waals surface area (Å²) in [5.74, 6) is -0.0250. The lowest BCUT2D eigenvalue weighted by Crippen LogP contribution is -2.12. The van der Waals surface area contributed by atoms with Crippen molar-refractivity contribution in [3.63, 3.8) is 0 Å². The fraction of sp³-hybridized carbons (Fsp3) is 0.0667. The topological polar surface area (TPSA) is 60.5 Å². The van der Waals surface area contributed by atoms with Crippen molar-refractivity contribution in [2.24, 2.45) is 10.9 Å². The molecule has 2 heterocycles. The fourth-order valence-electron chi connectivity index (χ4n) is 1.98. The van der Waals surface area contributed by atoms with Crippen molar-refractivity contribution >= 4 is 28.1 Å². The maximum Gasteiger partial charge on any atom is 0.180 e. The van der Waals surface area contributed by atoms with Crippen LogP contribution in [0.2, 0.25) is 0 Å². The second-order valence-electron chi connectivity index (χ2n) is 4.37. The number of thiophene rings is 1. The van der Waals surface area contributed by atoms with Crippen molar-refractivity contribution in [2.45, 2.75) is 6.61 Å². The van der Waals surface area contributed by atoms with E-state index < -0.39 is 0 Å². The fourth-order valence-corrected chi connectivity index (χ4v) is 2.60. The predicted octanol–water partition coefficient (Wildman–Crippen LogP) is 3.27. The number of pyridine rings is 1. The lowest BCUT2D eigenvalue weighted by Gasteiger charge is -2.05. The quantitative estimate of drug-likeness (QED) is 0.457. The van der Waals surface area contributed by atoms with Crippen LogP contribution < -0.4 is 5.73 Å². The van der Waals surface area contributed by atoms with E-state index in [0.29, 0.717) is 16.9 Å². The van der Waals surface area contributed by atoms with Crippen molar-refractivity contribution in [3.05, 3.63) is 64.2 Å². The molecule has 0 saturated heterocycles. The van der Waals surface area contributed by atoms with Gasteiger partial charge < -0.3 is 10.6 Å². The molecule has 0 radical (unpaired) electrons. The van der Waals surface area contributed by atoms with Gasteiger partial charge in [0.15, 0.2) is 5.84 Å². The highest BCUT2D eigenvalue weighted by atomic mass is 32.1. The van der Waals surface area contributed by atoms with Crippen LogP contribution in [-0.4, -0.2) is 10.8 Å². The van der Waals surface area contributed by atoms with E-state index in [1.54, 1.807) is 18.3 Å². The van der Waals surface area contributed by atoms with Gasteiger partial charge in [0.2, 0.25) is 0 Å². The van der Waals surface area contributed by atoms with Gasteiger partial charge in [-0.15, -0.1) is 11.3 Å². The molecule has 0 spiro atoms. The molecule has 0 aliphatic rings. The number of hydrogen-bond acceptors (Lipinski definition) is 4. The summed E-state index contributed by atoms with van der Waals surface area (Å²) in [4.78, 5) is 10.3. The first-order valence-corrected chi connectivity index (χ1v) is 7.14. The van der Waals surface area contributed by atoms with Crippen molar-refractivity contribution in [1.82, 2.24) is 4.98 Å². The van der Waals surface area contributed by atoms with Crippen LogP contribution >= 0.6 is 11.3 Å². The molecule has 6 heteroatoms. The van der Waals surface area contributed by atoms with Gasteiger partial charge in [-0.1, -0.05) is 17.3 Å². The number of oxime groups is 1. The van der Waals surface area contributed by atoms with E-state index in [0.717, 1.165) is 10.3 Å². The number of amidine groups is 1. The Morgan fingerprint density at radius 2 is 2.24 bits per heavy atom. The summed E-state index contributed by atoms with van der Waals surface area (Å²) in [6.45, 7) is 0.108. The van der Waals surface area contributed by atoms with E-state index in [9.17, 15) is 4.39 Å². The highest BCUT2D eigenvalue weighted by molar-refractivity contribution is 7.12. The molecule has 0 unspecified atom stereocenters. The minimum Gasteiger partial charge on any atom is -0.389 e. The molecule has 1 aromatic carbocycles. The number of hydrogen-bond donors (Lipinski definition) is 1. The Balaban J connectivity index is 1.81. The number of nitrogens with zero attached hydrogens (tertiary/aromatic N) is 2. The summed E-state index contributed by atoms with van der Waals surface area (Å²) in [5, 5.41) is 6.49. The number of fused-ring (bicyclic) bond motifs is 1. The molecule has 0 bridgehead atoms. The minimum atomic E-state index is -0.329. The van der Waals surface area contributed by atoms with Crippen LogP contribution in [0, 0.1) is 5.82 Å². The number of benzene rings is 1. The largest absolute Gasteiger partial charge is 0.389 e. The van der Waals surface area contributed by atoms with Crippen LogP contribution in [0.25, 0.3) is 10.9 Å². The van der Waals surface area contributed by atoms with Gasteiger partial charge in [-0.2, -0.15) is 0 Å². The van der Waals surface area contributed by atoms with Crippen LogP contribution in [0.4, 0.5) is 4.39 Å². The SMILES string of the molecule is N/C(=N/OCc1cc(F)cc2cccnc12)c1cccs1. The smallest absolute Gasteiger partial charge is 0.180 e. The molecular weight excluding hydrogens is 289 g/mol. The molecule has 3 aromatic rings. The van der Waals surface area contributed by atoms with Gasteiger partial charge in [0.25, 0.3) is 0 Å². The third-order valence-corrected chi connectivity index (χ3v) is 3.80. The van der Waals surface area contributed by atoms with Crippen LogP contribution in [0.3, 0.4) is 0 Å². The molecule has 0 fully saturated rings. The second-order valence-corrected chi connectivity index (χ2v) is 5.31. The molecule has 2 aromatic heterocycles. The lowest BCUT2D eigenvalue weighted by molar-refractivity contribution is 0.131. The molecular formula is C15H12FN3OS. The van der Waals surface area contributed by atoms with Crippen molar-refractivity contribution in [2.75, 3.05) is 0 Å². The normalized spacial score (nSPS) is 11.8. The Labute approximate surface area is 124 Å². The number of halogens is 1. The van der Waals surface area contributed by atoms with Crippen LogP contribution in [-0.2, 0) is 11.4 Å². The number of nitrogens with two attached hydrogens (primary N) is 1. The summed E-state index contributed by atoms with van der Waals surface area (Å²) in [6, 6.07) is 10.1.